The summed E-state index contributed by atoms with van der Waals surface area (Å²) in [4.78, 5) is 35.8. The zero-order chi connectivity index (χ0) is 18.9. The van der Waals surface area contributed by atoms with Crippen molar-refractivity contribution in [3.05, 3.63) is 23.9 Å². The maximum Gasteiger partial charge on any atom is 0.242 e. The number of aryl methyl sites for hydroxylation is 1. The average molecular weight is 370 g/mol. The van der Waals surface area contributed by atoms with Crippen LogP contribution in [-0.4, -0.2) is 65.9 Å². The summed E-state index contributed by atoms with van der Waals surface area (Å²) in [5.74, 6) is 1.25. The van der Waals surface area contributed by atoms with Crippen LogP contribution in [0.25, 0.3) is 0 Å². The van der Waals surface area contributed by atoms with E-state index in [1.165, 1.54) is 19.3 Å². The van der Waals surface area contributed by atoms with Crippen molar-refractivity contribution in [2.75, 3.05) is 44.2 Å². The van der Waals surface area contributed by atoms with Crippen LogP contribution in [0.15, 0.2) is 18.2 Å². The first-order valence-corrected chi connectivity index (χ1v) is 10.3. The Balaban J connectivity index is 1.30. The van der Waals surface area contributed by atoms with Gasteiger partial charge in [-0.25, -0.2) is 4.98 Å². The largest absolute Gasteiger partial charge is 0.353 e. The van der Waals surface area contributed by atoms with Gasteiger partial charge in [-0.3, -0.25) is 9.59 Å². The van der Waals surface area contributed by atoms with E-state index in [4.69, 9.17) is 0 Å². The van der Waals surface area contributed by atoms with Crippen molar-refractivity contribution >= 4 is 17.6 Å². The lowest BCUT2D eigenvalue weighted by Crippen LogP contribution is -2.51. The number of hydrogen-bond donors (Lipinski definition) is 0. The molecule has 0 unspecified atom stereocenters. The molecule has 27 heavy (non-hydrogen) atoms. The number of rotatable bonds is 3. The molecule has 1 aromatic rings. The molecule has 146 valence electrons. The molecule has 3 heterocycles. The number of likely N-dealkylation sites (tertiary alicyclic amines) is 1. The maximum atomic E-state index is 12.8. The third-order valence-electron chi connectivity index (χ3n) is 6.48. The summed E-state index contributed by atoms with van der Waals surface area (Å²) >= 11 is 0. The van der Waals surface area contributed by atoms with Gasteiger partial charge in [0.1, 0.15) is 5.82 Å². The number of piperazine rings is 1. The van der Waals surface area contributed by atoms with E-state index in [0.717, 1.165) is 44.0 Å². The van der Waals surface area contributed by atoms with Crippen LogP contribution in [0.2, 0.25) is 0 Å². The van der Waals surface area contributed by atoms with Crippen molar-refractivity contribution in [3.63, 3.8) is 0 Å². The predicted octanol–water partition coefficient (Wildman–Crippen LogP) is 2.22. The fourth-order valence-electron chi connectivity index (χ4n) is 4.92. The number of carbonyl (C=O) groups is 2. The molecule has 1 spiro atoms. The molecule has 0 atom stereocenters. The molecule has 0 radical (unpaired) electrons. The van der Waals surface area contributed by atoms with Crippen LogP contribution < -0.4 is 4.90 Å². The van der Waals surface area contributed by atoms with E-state index in [2.05, 4.69) is 9.88 Å². The third kappa shape index (κ3) is 3.94. The van der Waals surface area contributed by atoms with E-state index in [1.54, 1.807) is 0 Å². The van der Waals surface area contributed by atoms with Crippen LogP contribution in [0.3, 0.4) is 0 Å². The highest BCUT2D eigenvalue weighted by Gasteiger charge is 2.44. The zero-order valence-electron chi connectivity index (χ0n) is 16.3. The molecule has 1 aliphatic carbocycles. The van der Waals surface area contributed by atoms with Crippen molar-refractivity contribution in [2.24, 2.45) is 5.41 Å². The lowest BCUT2D eigenvalue weighted by atomic mass is 9.73. The normalized spacial score (nSPS) is 22.6. The van der Waals surface area contributed by atoms with Gasteiger partial charge in [0.05, 0.1) is 6.54 Å². The molecule has 2 aliphatic heterocycles. The summed E-state index contributed by atoms with van der Waals surface area (Å²) in [6, 6.07) is 6.04. The van der Waals surface area contributed by atoms with Gasteiger partial charge >= 0.3 is 0 Å². The smallest absolute Gasteiger partial charge is 0.242 e. The molecule has 3 fully saturated rings. The number of nitrogens with zero attached hydrogens (tertiary/aromatic N) is 4. The van der Waals surface area contributed by atoms with Crippen LogP contribution in [0.4, 0.5) is 5.82 Å². The number of anilines is 1. The summed E-state index contributed by atoms with van der Waals surface area (Å²) in [7, 11) is 0. The molecular weight excluding hydrogens is 340 g/mol. The molecular formula is C21H30N4O2. The number of aromatic nitrogens is 1. The Labute approximate surface area is 161 Å². The number of pyridine rings is 1. The number of carbonyl (C=O) groups excluding carboxylic acids is 2. The summed E-state index contributed by atoms with van der Waals surface area (Å²) in [6.45, 7) is 6.01. The van der Waals surface area contributed by atoms with Crippen LogP contribution in [-0.2, 0) is 9.59 Å². The van der Waals surface area contributed by atoms with Crippen LogP contribution >= 0.6 is 0 Å². The minimum atomic E-state index is 0.0908. The van der Waals surface area contributed by atoms with Crippen LogP contribution in [0.1, 0.15) is 44.2 Å². The van der Waals surface area contributed by atoms with E-state index in [1.807, 2.05) is 34.9 Å². The number of hydrogen-bond acceptors (Lipinski definition) is 4. The molecule has 1 saturated carbocycles. The zero-order valence-corrected chi connectivity index (χ0v) is 16.3. The SMILES string of the molecule is Cc1cccc(N2CCN(C(=O)CN3CC4(CCCCC4)CC3=O)CC2)n1. The molecule has 3 aliphatic rings. The van der Waals surface area contributed by atoms with E-state index < -0.39 is 0 Å². The highest BCUT2D eigenvalue weighted by atomic mass is 16.2. The fraction of sp³-hybridized carbons (Fsp3) is 0.667. The summed E-state index contributed by atoms with van der Waals surface area (Å²) in [5.41, 5.74) is 1.17. The second-order valence-corrected chi connectivity index (χ2v) is 8.49. The molecule has 0 bridgehead atoms. The minimum absolute atomic E-state index is 0.0908. The van der Waals surface area contributed by atoms with Crippen molar-refractivity contribution in [1.29, 1.82) is 0 Å². The predicted molar refractivity (Wildman–Crippen MR) is 104 cm³/mol. The molecule has 2 saturated heterocycles. The van der Waals surface area contributed by atoms with Gasteiger partial charge in [0.2, 0.25) is 11.8 Å². The first-order valence-electron chi connectivity index (χ1n) is 10.3. The standard InChI is InChI=1S/C21H30N4O2/c1-17-6-5-7-18(22-17)23-10-12-24(13-11-23)20(27)15-25-16-21(14-19(25)26)8-3-2-4-9-21/h5-7H,2-4,8-16H2,1H3. The molecule has 2 amide bonds. The molecule has 0 aromatic carbocycles. The Bertz CT molecular complexity index is 706. The van der Waals surface area contributed by atoms with Crippen molar-refractivity contribution in [1.82, 2.24) is 14.8 Å². The van der Waals surface area contributed by atoms with Crippen molar-refractivity contribution in [3.8, 4) is 0 Å². The number of amides is 2. The van der Waals surface area contributed by atoms with E-state index in [0.29, 0.717) is 19.5 Å². The summed E-state index contributed by atoms with van der Waals surface area (Å²) in [5, 5.41) is 0. The maximum absolute atomic E-state index is 12.8. The Hall–Kier alpha value is -2.11. The first kappa shape index (κ1) is 18.3. The molecule has 0 N–H and O–H groups in total. The van der Waals surface area contributed by atoms with Gasteiger partial charge in [0, 0.05) is 44.8 Å². The van der Waals surface area contributed by atoms with Gasteiger partial charge < -0.3 is 14.7 Å². The van der Waals surface area contributed by atoms with Crippen LogP contribution in [0, 0.1) is 12.3 Å². The Morgan fingerprint density at radius 3 is 2.56 bits per heavy atom. The van der Waals surface area contributed by atoms with Crippen molar-refractivity contribution < 1.29 is 9.59 Å². The van der Waals surface area contributed by atoms with Gasteiger partial charge in [0.15, 0.2) is 0 Å². The monoisotopic (exact) mass is 370 g/mol. The first-order chi connectivity index (χ1) is 13.0. The topological polar surface area (TPSA) is 56.8 Å². The van der Waals surface area contributed by atoms with E-state index in [9.17, 15) is 9.59 Å². The van der Waals surface area contributed by atoms with Gasteiger partial charge in [-0.05, 0) is 37.3 Å². The summed E-state index contributed by atoms with van der Waals surface area (Å²) < 4.78 is 0. The molecule has 1 aromatic heterocycles. The van der Waals surface area contributed by atoms with Crippen LogP contribution in [0.5, 0.6) is 0 Å². The molecule has 6 heteroatoms. The van der Waals surface area contributed by atoms with Gasteiger partial charge in [-0.2, -0.15) is 0 Å². The van der Waals surface area contributed by atoms with Gasteiger partial charge in [-0.1, -0.05) is 25.3 Å². The van der Waals surface area contributed by atoms with Crippen molar-refractivity contribution in [2.45, 2.75) is 45.4 Å². The molecule has 6 nitrogen and oxygen atoms in total. The lowest BCUT2D eigenvalue weighted by molar-refractivity contribution is -0.138. The lowest BCUT2D eigenvalue weighted by Gasteiger charge is -2.36. The quantitative estimate of drug-likeness (QED) is 0.819. The van der Waals surface area contributed by atoms with E-state index in [-0.39, 0.29) is 23.8 Å². The van der Waals surface area contributed by atoms with Gasteiger partial charge in [-0.15, -0.1) is 0 Å². The Morgan fingerprint density at radius 2 is 1.85 bits per heavy atom. The van der Waals surface area contributed by atoms with E-state index >= 15 is 0 Å². The Morgan fingerprint density at radius 1 is 1.11 bits per heavy atom. The Kier molecular flexibility index (Phi) is 5.06. The third-order valence-corrected chi connectivity index (χ3v) is 6.48. The minimum Gasteiger partial charge on any atom is -0.353 e. The highest BCUT2D eigenvalue weighted by Crippen LogP contribution is 2.44. The second-order valence-electron chi connectivity index (χ2n) is 8.49. The average Bonchev–Trinajstić information content (AvgIpc) is 2.96. The second kappa shape index (κ2) is 7.49. The fourth-order valence-corrected chi connectivity index (χ4v) is 4.92. The van der Waals surface area contributed by atoms with Gasteiger partial charge in [0.25, 0.3) is 0 Å². The molecule has 4 rings (SSSR count). The summed E-state index contributed by atoms with van der Waals surface area (Å²) in [6.07, 6.45) is 6.67. The highest BCUT2D eigenvalue weighted by molar-refractivity contribution is 5.86.